The summed E-state index contributed by atoms with van der Waals surface area (Å²) in [5.41, 5.74) is 1.38. The maximum absolute atomic E-state index is 12.3. The van der Waals surface area contributed by atoms with E-state index in [-0.39, 0.29) is 10.8 Å². The number of halogens is 2. The highest BCUT2D eigenvalue weighted by Gasteiger charge is 2.13. The standard InChI is InChI=1S/C19H14Cl2N2O3/c1-10-14-5-2-12(8-11(14)3-7-17(10)24)18(25)23-19(26)22-16-6-4-13(20)9-15(16)21/h2-9,24H,1H3,(H2,22,23,25,26). The number of aryl methyl sites for hydroxylation is 1. The van der Waals surface area contributed by atoms with E-state index in [4.69, 9.17) is 23.2 Å². The number of rotatable bonds is 2. The fourth-order valence-electron chi connectivity index (χ4n) is 2.53. The monoisotopic (exact) mass is 388 g/mol. The van der Waals surface area contributed by atoms with Crippen molar-refractivity contribution >= 4 is 51.6 Å². The van der Waals surface area contributed by atoms with Gasteiger partial charge < -0.3 is 10.4 Å². The summed E-state index contributed by atoms with van der Waals surface area (Å²) < 4.78 is 0. The van der Waals surface area contributed by atoms with Crippen molar-refractivity contribution in [2.24, 2.45) is 0 Å². The minimum Gasteiger partial charge on any atom is -0.508 e. The highest BCUT2D eigenvalue weighted by Crippen LogP contribution is 2.27. The van der Waals surface area contributed by atoms with Crippen LogP contribution in [-0.2, 0) is 0 Å². The Bertz CT molecular complexity index is 1030. The second-order valence-corrected chi connectivity index (χ2v) is 6.52. The lowest BCUT2D eigenvalue weighted by atomic mass is 10.0. The van der Waals surface area contributed by atoms with E-state index >= 15 is 0 Å². The molecule has 0 heterocycles. The third kappa shape index (κ3) is 3.74. The molecule has 3 N–H and O–H groups in total. The highest BCUT2D eigenvalue weighted by molar-refractivity contribution is 6.36. The summed E-state index contributed by atoms with van der Waals surface area (Å²) in [5.74, 6) is -0.367. The van der Waals surface area contributed by atoms with Crippen LogP contribution in [0.4, 0.5) is 10.5 Å². The minimum absolute atomic E-state index is 0.189. The van der Waals surface area contributed by atoms with E-state index in [2.05, 4.69) is 10.6 Å². The number of carbonyl (C=O) groups is 2. The van der Waals surface area contributed by atoms with Crippen LogP contribution in [0.1, 0.15) is 15.9 Å². The molecule has 0 atom stereocenters. The van der Waals surface area contributed by atoms with Crippen LogP contribution >= 0.6 is 23.2 Å². The van der Waals surface area contributed by atoms with Crippen LogP contribution in [0.15, 0.2) is 48.5 Å². The van der Waals surface area contributed by atoms with Gasteiger partial charge in [0.25, 0.3) is 5.91 Å². The number of nitrogens with one attached hydrogen (secondary N) is 2. The Labute approximate surface area is 159 Å². The molecule has 0 saturated carbocycles. The number of hydrogen-bond donors (Lipinski definition) is 3. The molecule has 7 heteroatoms. The Balaban J connectivity index is 1.76. The van der Waals surface area contributed by atoms with Gasteiger partial charge in [-0.2, -0.15) is 0 Å². The smallest absolute Gasteiger partial charge is 0.326 e. The second kappa shape index (κ2) is 7.23. The Hall–Kier alpha value is -2.76. The summed E-state index contributed by atoms with van der Waals surface area (Å²) in [6.45, 7) is 1.79. The Kier molecular flexibility index (Phi) is 5.02. The molecule has 132 valence electrons. The van der Waals surface area contributed by atoms with Gasteiger partial charge in [0, 0.05) is 10.6 Å². The number of phenols is 1. The van der Waals surface area contributed by atoms with Crippen molar-refractivity contribution in [1.82, 2.24) is 5.32 Å². The van der Waals surface area contributed by atoms with Crippen molar-refractivity contribution in [3.63, 3.8) is 0 Å². The zero-order chi connectivity index (χ0) is 18.8. The maximum Gasteiger partial charge on any atom is 0.326 e. The van der Waals surface area contributed by atoms with Gasteiger partial charge >= 0.3 is 6.03 Å². The van der Waals surface area contributed by atoms with Gasteiger partial charge in [0.1, 0.15) is 5.75 Å². The molecule has 0 spiro atoms. The molecule has 3 amide bonds. The lowest BCUT2D eigenvalue weighted by molar-refractivity contribution is 0.0967. The number of carbonyl (C=O) groups excluding carboxylic acids is 2. The van der Waals surface area contributed by atoms with Crippen LogP contribution in [0.25, 0.3) is 10.8 Å². The van der Waals surface area contributed by atoms with Gasteiger partial charge in [-0.3, -0.25) is 10.1 Å². The van der Waals surface area contributed by atoms with Crippen molar-refractivity contribution < 1.29 is 14.7 Å². The lowest BCUT2D eigenvalue weighted by Gasteiger charge is -2.10. The van der Waals surface area contributed by atoms with Crippen LogP contribution in [-0.4, -0.2) is 17.0 Å². The van der Waals surface area contributed by atoms with Crippen LogP contribution in [0.2, 0.25) is 10.0 Å². The molecule has 0 aromatic heterocycles. The molecule has 3 rings (SSSR count). The zero-order valence-corrected chi connectivity index (χ0v) is 15.2. The van der Waals surface area contributed by atoms with Crippen molar-refractivity contribution in [2.45, 2.75) is 6.92 Å². The van der Waals surface area contributed by atoms with E-state index < -0.39 is 11.9 Å². The summed E-state index contributed by atoms with van der Waals surface area (Å²) in [6.07, 6.45) is 0. The number of fused-ring (bicyclic) bond motifs is 1. The summed E-state index contributed by atoms with van der Waals surface area (Å²) >= 11 is 11.8. The average molecular weight is 389 g/mol. The van der Waals surface area contributed by atoms with Gasteiger partial charge in [-0.25, -0.2) is 4.79 Å². The molecule has 0 bridgehead atoms. The van der Waals surface area contributed by atoms with E-state index in [1.54, 1.807) is 49.4 Å². The average Bonchev–Trinajstić information content (AvgIpc) is 2.60. The fraction of sp³-hybridized carbons (Fsp3) is 0.0526. The number of urea groups is 1. The van der Waals surface area contributed by atoms with Crippen LogP contribution in [0.3, 0.4) is 0 Å². The summed E-state index contributed by atoms with van der Waals surface area (Å²) in [7, 11) is 0. The molecule has 0 radical (unpaired) electrons. The first-order valence-corrected chi connectivity index (χ1v) is 8.40. The predicted octanol–water partition coefficient (Wildman–Crippen LogP) is 5.12. The first-order chi connectivity index (χ1) is 12.3. The second-order valence-electron chi connectivity index (χ2n) is 5.68. The molecule has 0 unspecified atom stereocenters. The summed E-state index contributed by atoms with van der Waals surface area (Å²) in [6, 6.07) is 12.1. The van der Waals surface area contributed by atoms with Gasteiger partial charge in [0.2, 0.25) is 0 Å². The Morgan fingerprint density at radius 1 is 1.00 bits per heavy atom. The van der Waals surface area contributed by atoms with Crippen molar-refractivity contribution in [2.75, 3.05) is 5.32 Å². The van der Waals surface area contributed by atoms with E-state index in [1.165, 1.54) is 6.07 Å². The summed E-state index contributed by atoms with van der Waals surface area (Å²) in [5, 5.41) is 16.8. The van der Waals surface area contributed by atoms with Crippen LogP contribution in [0.5, 0.6) is 5.75 Å². The number of benzene rings is 3. The quantitative estimate of drug-likeness (QED) is 0.569. The first-order valence-electron chi connectivity index (χ1n) is 7.65. The molecule has 3 aromatic rings. The van der Waals surface area contributed by atoms with E-state index in [0.29, 0.717) is 16.3 Å². The molecular weight excluding hydrogens is 375 g/mol. The third-order valence-electron chi connectivity index (χ3n) is 3.93. The van der Waals surface area contributed by atoms with E-state index in [1.807, 2.05) is 0 Å². The van der Waals surface area contributed by atoms with Crippen molar-refractivity contribution in [3.05, 3.63) is 69.7 Å². The van der Waals surface area contributed by atoms with Gasteiger partial charge in [-0.15, -0.1) is 0 Å². The number of aromatic hydroxyl groups is 1. The Morgan fingerprint density at radius 2 is 1.77 bits per heavy atom. The first kappa shape index (κ1) is 18.0. The van der Waals surface area contributed by atoms with Crippen molar-refractivity contribution in [3.8, 4) is 5.75 Å². The predicted molar refractivity (Wildman–Crippen MR) is 103 cm³/mol. The van der Waals surface area contributed by atoms with E-state index in [0.717, 1.165) is 16.3 Å². The molecule has 3 aromatic carbocycles. The molecule has 5 nitrogen and oxygen atoms in total. The molecule has 0 aliphatic rings. The minimum atomic E-state index is -0.707. The Morgan fingerprint density at radius 3 is 2.50 bits per heavy atom. The largest absolute Gasteiger partial charge is 0.508 e. The number of hydrogen-bond acceptors (Lipinski definition) is 3. The van der Waals surface area contributed by atoms with Gasteiger partial charge in [-0.05, 0) is 59.7 Å². The fourth-order valence-corrected chi connectivity index (χ4v) is 2.99. The normalized spacial score (nSPS) is 10.6. The lowest BCUT2D eigenvalue weighted by Crippen LogP contribution is -2.34. The molecule has 0 fully saturated rings. The topological polar surface area (TPSA) is 78.4 Å². The maximum atomic E-state index is 12.3. The van der Waals surface area contributed by atoms with Gasteiger partial charge in [-0.1, -0.05) is 35.3 Å². The van der Waals surface area contributed by atoms with Crippen molar-refractivity contribution in [1.29, 1.82) is 0 Å². The summed E-state index contributed by atoms with van der Waals surface area (Å²) in [4.78, 5) is 24.3. The third-order valence-corrected chi connectivity index (χ3v) is 4.48. The molecule has 0 aliphatic heterocycles. The molecule has 26 heavy (non-hydrogen) atoms. The molecular formula is C19H14Cl2N2O3. The van der Waals surface area contributed by atoms with Gasteiger partial charge in [0.05, 0.1) is 10.7 Å². The number of anilines is 1. The molecule has 0 aliphatic carbocycles. The number of amides is 3. The van der Waals surface area contributed by atoms with Gasteiger partial charge in [0.15, 0.2) is 0 Å². The van der Waals surface area contributed by atoms with E-state index in [9.17, 15) is 14.7 Å². The van der Waals surface area contributed by atoms with Crippen LogP contribution < -0.4 is 10.6 Å². The molecule has 0 saturated heterocycles. The van der Waals surface area contributed by atoms with Crippen LogP contribution in [0, 0.1) is 6.92 Å². The SMILES string of the molecule is Cc1c(O)ccc2cc(C(=O)NC(=O)Nc3ccc(Cl)cc3Cl)ccc12. The highest BCUT2D eigenvalue weighted by atomic mass is 35.5. The zero-order valence-electron chi connectivity index (χ0n) is 13.6. The number of imide groups is 1. The number of phenolic OH excluding ortho intramolecular Hbond substituents is 1.